The van der Waals surface area contributed by atoms with Crippen LogP contribution in [0.1, 0.15) is 26.9 Å². The van der Waals surface area contributed by atoms with Crippen LogP contribution in [0.5, 0.6) is 0 Å². The molecule has 2 aromatic heterocycles. The van der Waals surface area contributed by atoms with Crippen molar-refractivity contribution in [3.8, 4) is 5.69 Å². The second kappa shape index (κ2) is 11.8. The number of hydrogen-bond donors (Lipinski definition) is 0. The normalized spacial score (nSPS) is 11.2. The first-order chi connectivity index (χ1) is 16.9. The third kappa shape index (κ3) is 6.70. The van der Waals surface area contributed by atoms with Gasteiger partial charge >= 0.3 is 0 Å². The molecule has 0 fully saturated rings. The molecule has 2 heterocycles. The van der Waals surface area contributed by atoms with Crippen molar-refractivity contribution in [1.82, 2.24) is 29.5 Å². The number of carbonyl (C=O) groups excluding carboxylic acids is 1. The molecule has 0 aliphatic heterocycles. The Balaban J connectivity index is 1.46. The minimum absolute atomic E-state index is 0.0545. The number of benzene rings is 2. The summed E-state index contributed by atoms with van der Waals surface area (Å²) in [4.78, 5) is 21.9. The summed E-state index contributed by atoms with van der Waals surface area (Å²) in [6.45, 7) is 3.87. The number of rotatable bonds is 10. The van der Waals surface area contributed by atoms with Gasteiger partial charge in [0.15, 0.2) is 5.16 Å². The number of aryl methyl sites for hydroxylation is 1. The fourth-order valence-corrected chi connectivity index (χ4v) is 5.46. The van der Waals surface area contributed by atoms with Gasteiger partial charge in [-0.15, -0.1) is 21.5 Å². The van der Waals surface area contributed by atoms with Crippen molar-refractivity contribution < 1.29 is 4.79 Å². The van der Waals surface area contributed by atoms with Crippen LogP contribution >= 0.6 is 34.7 Å². The Bertz CT molecular complexity index is 1270. The summed E-state index contributed by atoms with van der Waals surface area (Å²) in [6, 6.07) is 17.6. The van der Waals surface area contributed by atoms with E-state index in [9.17, 15) is 4.79 Å². The highest BCUT2D eigenvalue weighted by atomic mass is 35.5. The Morgan fingerprint density at radius 2 is 1.89 bits per heavy atom. The van der Waals surface area contributed by atoms with E-state index in [1.807, 2.05) is 90.5 Å². The smallest absolute Gasteiger partial charge is 0.273 e. The van der Waals surface area contributed by atoms with E-state index in [0.717, 1.165) is 33.8 Å². The van der Waals surface area contributed by atoms with Gasteiger partial charge in [0.1, 0.15) is 16.5 Å². The lowest BCUT2D eigenvalue weighted by molar-refractivity contribution is 0.0726. The van der Waals surface area contributed by atoms with E-state index in [4.69, 9.17) is 11.6 Å². The molecule has 0 unspecified atom stereocenters. The third-order valence-corrected chi connectivity index (χ3v) is 7.48. The quantitative estimate of drug-likeness (QED) is 0.265. The first kappa shape index (κ1) is 25.4. The van der Waals surface area contributed by atoms with Gasteiger partial charge < -0.3 is 9.80 Å². The molecule has 4 aromatic rings. The Hall–Kier alpha value is -2.72. The highest BCUT2D eigenvalue weighted by Crippen LogP contribution is 2.27. The molecule has 0 aliphatic rings. The van der Waals surface area contributed by atoms with Crippen LogP contribution in [0.25, 0.3) is 5.69 Å². The summed E-state index contributed by atoms with van der Waals surface area (Å²) in [7, 11) is 4.01. The maximum absolute atomic E-state index is 13.3. The first-order valence-corrected chi connectivity index (χ1v) is 13.4. The number of nitrogens with zero attached hydrogens (tertiary/aromatic N) is 6. The molecule has 2 aromatic carbocycles. The van der Waals surface area contributed by atoms with Crippen molar-refractivity contribution in [1.29, 1.82) is 0 Å². The van der Waals surface area contributed by atoms with Crippen LogP contribution in [0.15, 0.2) is 65.1 Å². The van der Waals surface area contributed by atoms with Crippen LogP contribution in [0.4, 0.5) is 0 Å². The number of thioether (sulfide) groups is 1. The van der Waals surface area contributed by atoms with E-state index >= 15 is 0 Å². The van der Waals surface area contributed by atoms with Gasteiger partial charge in [-0.05, 0) is 44.8 Å². The molecule has 35 heavy (non-hydrogen) atoms. The number of likely N-dealkylation sites (N-methyl/N-ethyl adjacent to an activating group) is 1. The van der Waals surface area contributed by atoms with Gasteiger partial charge in [0, 0.05) is 30.0 Å². The van der Waals surface area contributed by atoms with E-state index in [0.29, 0.717) is 29.6 Å². The number of thiazole rings is 1. The van der Waals surface area contributed by atoms with E-state index in [-0.39, 0.29) is 5.91 Å². The SMILES string of the molecule is Cc1nnc(SCc2nc(C(=O)N(CCN(C)C)Cc3ccccc3)cs2)n1-c1cccc(Cl)c1. The predicted molar refractivity (Wildman–Crippen MR) is 143 cm³/mol. The van der Waals surface area contributed by atoms with Crippen molar-refractivity contribution in [2.75, 3.05) is 27.2 Å². The van der Waals surface area contributed by atoms with Gasteiger partial charge in [0.05, 0.1) is 11.4 Å². The second-order valence-electron chi connectivity index (χ2n) is 8.28. The molecule has 7 nitrogen and oxygen atoms in total. The van der Waals surface area contributed by atoms with Crippen molar-refractivity contribution in [2.24, 2.45) is 0 Å². The zero-order chi connectivity index (χ0) is 24.8. The summed E-state index contributed by atoms with van der Waals surface area (Å²) < 4.78 is 1.97. The van der Waals surface area contributed by atoms with Gasteiger partial charge in [0.2, 0.25) is 0 Å². The summed E-state index contributed by atoms with van der Waals surface area (Å²) in [5.74, 6) is 1.32. The molecule has 0 radical (unpaired) electrons. The standard InChI is InChI=1S/C25H27ClN6OS2/c1-18-28-29-25(32(18)21-11-7-10-20(26)14-21)35-17-23-27-22(16-34-23)24(33)31(13-12-30(2)3)15-19-8-5-4-6-9-19/h4-11,14,16H,12-13,15,17H2,1-3H3. The molecule has 0 spiro atoms. The molecule has 0 saturated carbocycles. The van der Waals surface area contributed by atoms with Crippen LogP contribution < -0.4 is 0 Å². The maximum atomic E-state index is 13.3. The van der Waals surface area contributed by atoms with E-state index in [2.05, 4.69) is 20.1 Å². The van der Waals surface area contributed by atoms with Gasteiger partial charge in [-0.2, -0.15) is 0 Å². The second-order valence-corrected chi connectivity index (χ2v) is 10.6. The molecule has 10 heteroatoms. The summed E-state index contributed by atoms with van der Waals surface area (Å²) in [5, 5.41) is 12.7. The van der Waals surface area contributed by atoms with Gasteiger partial charge in [-0.3, -0.25) is 9.36 Å². The highest BCUT2D eigenvalue weighted by molar-refractivity contribution is 7.98. The Labute approximate surface area is 218 Å². The van der Waals surface area contributed by atoms with Gasteiger partial charge in [-0.25, -0.2) is 4.98 Å². The van der Waals surface area contributed by atoms with Crippen LogP contribution in [0.2, 0.25) is 5.02 Å². The lowest BCUT2D eigenvalue weighted by atomic mass is 10.2. The number of amides is 1. The molecule has 0 bridgehead atoms. The predicted octanol–water partition coefficient (Wildman–Crippen LogP) is 5.18. The molecule has 4 rings (SSSR count). The van der Waals surface area contributed by atoms with Crippen LogP contribution in [-0.2, 0) is 12.3 Å². The summed E-state index contributed by atoms with van der Waals surface area (Å²) >= 11 is 9.20. The average Bonchev–Trinajstić information content (AvgIpc) is 3.47. The molecule has 1 amide bonds. The van der Waals surface area contributed by atoms with Crippen molar-refractivity contribution >= 4 is 40.6 Å². The fraction of sp³-hybridized carbons (Fsp3) is 0.280. The van der Waals surface area contributed by atoms with Crippen molar-refractivity contribution in [2.45, 2.75) is 24.4 Å². The minimum Gasteiger partial charge on any atom is -0.332 e. The molecule has 0 saturated heterocycles. The van der Waals surface area contributed by atoms with Gasteiger partial charge in [-0.1, -0.05) is 59.8 Å². The van der Waals surface area contributed by atoms with Crippen molar-refractivity contribution in [3.63, 3.8) is 0 Å². The highest BCUT2D eigenvalue weighted by Gasteiger charge is 2.20. The molecule has 0 atom stereocenters. The van der Waals surface area contributed by atoms with E-state index < -0.39 is 0 Å². The molecular weight excluding hydrogens is 500 g/mol. The van der Waals surface area contributed by atoms with Crippen LogP contribution in [0, 0.1) is 6.92 Å². The monoisotopic (exact) mass is 526 g/mol. The maximum Gasteiger partial charge on any atom is 0.273 e. The van der Waals surface area contributed by atoms with E-state index in [1.54, 1.807) is 0 Å². The van der Waals surface area contributed by atoms with E-state index in [1.165, 1.54) is 23.1 Å². The summed E-state index contributed by atoms with van der Waals surface area (Å²) in [6.07, 6.45) is 0. The number of aromatic nitrogens is 4. The zero-order valence-electron chi connectivity index (χ0n) is 19.9. The fourth-order valence-electron chi connectivity index (χ4n) is 3.49. The number of halogens is 1. The topological polar surface area (TPSA) is 67.2 Å². The number of carbonyl (C=O) groups is 1. The van der Waals surface area contributed by atoms with Crippen LogP contribution in [-0.4, -0.2) is 62.6 Å². The van der Waals surface area contributed by atoms with Crippen molar-refractivity contribution in [3.05, 3.63) is 87.1 Å². The van der Waals surface area contributed by atoms with Gasteiger partial charge in [0.25, 0.3) is 5.91 Å². The Kier molecular flexibility index (Phi) is 8.56. The molecule has 0 aliphatic carbocycles. The Morgan fingerprint density at radius 1 is 1.09 bits per heavy atom. The minimum atomic E-state index is -0.0545. The number of hydrogen-bond acceptors (Lipinski definition) is 7. The lowest BCUT2D eigenvalue weighted by Crippen LogP contribution is -2.36. The first-order valence-electron chi connectivity index (χ1n) is 11.1. The molecule has 182 valence electrons. The van der Waals surface area contributed by atoms with Crippen LogP contribution in [0.3, 0.4) is 0 Å². The molecular formula is C25H27ClN6OS2. The zero-order valence-corrected chi connectivity index (χ0v) is 22.3. The Morgan fingerprint density at radius 3 is 2.63 bits per heavy atom. The third-order valence-electron chi connectivity index (χ3n) is 5.28. The summed E-state index contributed by atoms with van der Waals surface area (Å²) in [5.41, 5.74) is 2.49. The average molecular weight is 527 g/mol. The largest absolute Gasteiger partial charge is 0.332 e. The lowest BCUT2D eigenvalue weighted by Gasteiger charge is -2.24. The molecule has 0 N–H and O–H groups in total.